The van der Waals surface area contributed by atoms with Gasteiger partial charge in [0.2, 0.25) is 5.91 Å². The molecule has 106 valence electrons. The third-order valence-electron chi connectivity index (χ3n) is 2.87. The predicted molar refractivity (Wildman–Crippen MR) is 79.9 cm³/mol. The molecule has 4 nitrogen and oxygen atoms in total. The summed E-state index contributed by atoms with van der Waals surface area (Å²) < 4.78 is 5.28. The Balaban J connectivity index is 2.53. The molecular formula is C15H24N2O2. The second-order valence-electron chi connectivity index (χ2n) is 4.58. The van der Waals surface area contributed by atoms with E-state index in [9.17, 15) is 4.79 Å². The van der Waals surface area contributed by atoms with Crippen molar-refractivity contribution in [1.29, 1.82) is 0 Å². The Morgan fingerprint density at radius 1 is 1.26 bits per heavy atom. The molecule has 0 atom stereocenters. The van der Waals surface area contributed by atoms with E-state index in [0.717, 1.165) is 12.2 Å². The first-order valence-electron chi connectivity index (χ1n) is 6.87. The zero-order chi connectivity index (χ0) is 14.1. The average Bonchev–Trinajstić information content (AvgIpc) is 2.39. The second-order valence-corrected chi connectivity index (χ2v) is 4.58. The van der Waals surface area contributed by atoms with Gasteiger partial charge in [0.1, 0.15) is 5.75 Å². The Hall–Kier alpha value is -1.71. The molecule has 1 aromatic carbocycles. The van der Waals surface area contributed by atoms with Crippen LogP contribution in [0.5, 0.6) is 5.75 Å². The SMILES string of the molecule is CCCCCCNc1ccc(NC(C)=O)c(OC)c1. The molecule has 0 saturated heterocycles. The number of carbonyl (C=O) groups is 1. The Morgan fingerprint density at radius 2 is 2.05 bits per heavy atom. The molecule has 2 N–H and O–H groups in total. The Kier molecular flexibility index (Phi) is 6.79. The summed E-state index contributed by atoms with van der Waals surface area (Å²) >= 11 is 0. The minimum absolute atomic E-state index is 0.0985. The van der Waals surface area contributed by atoms with Crippen LogP contribution in [0.3, 0.4) is 0 Å². The fourth-order valence-corrected chi connectivity index (χ4v) is 1.88. The lowest BCUT2D eigenvalue weighted by Crippen LogP contribution is -2.08. The molecule has 0 radical (unpaired) electrons. The van der Waals surface area contributed by atoms with Crippen molar-refractivity contribution < 1.29 is 9.53 Å². The van der Waals surface area contributed by atoms with E-state index in [1.54, 1.807) is 7.11 Å². The van der Waals surface area contributed by atoms with Crippen molar-refractivity contribution in [2.75, 3.05) is 24.3 Å². The Labute approximate surface area is 115 Å². The lowest BCUT2D eigenvalue weighted by Gasteiger charge is -2.12. The largest absolute Gasteiger partial charge is 0.494 e. The quantitative estimate of drug-likeness (QED) is 0.705. The highest BCUT2D eigenvalue weighted by Gasteiger charge is 2.05. The van der Waals surface area contributed by atoms with E-state index in [-0.39, 0.29) is 5.91 Å². The van der Waals surface area contributed by atoms with Crippen molar-refractivity contribution in [3.63, 3.8) is 0 Å². The second kappa shape index (κ2) is 8.40. The number of anilines is 2. The maximum Gasteiger partial charge on any atom is 0.221 e. The van der Waals surface area contributed by atoms with Gasteiger partial charge in [-0.3, -0.25) is 4.79 Å². The van der Waals surface area contributed by atoms with Crippen molar-refractivity contribution >= 4 is 17.3 Å². The fraction of sp³-hybridized carbons (Fsp3) is 0.533. The van der Waals surface area contributed by atoms with E-state index >= 15 is 0 Å². The summed E-state index contributed by atoms with van der Waals surface area (Å²) in [6.45, 7) is 4.65. The normalized spacial score (nSPS) is 10.1. The van der Waals surface area contributed by atoms with Crippen molar-refractivity contribution in [3.05, 3.63) is 18.2 Å². The molecule has 0 aliphatic rings. The summed E-state index contributed by atoms with van der Waals surface area (Å²) in [4.78, 5) is 11.1. The molecule has 1 rings (SSSR count). The van der Waals surface area contributed by atoms with Crippen LogP contribution in [0.25, 0.3) is 0 Å². The maximum absolute atomic E-state index is 11.1. The van der Waals surface area contributed by atoms with Crippen LogP contribution < -0.4 is 15.4 Å². The third-order valence-corrected chi connectivity index (χ3v) is 2.87. The van der Waals surface area contributed by atoms with Gasteiger partial charge < -0.3 is 15.4 Å². The molecule has 4 heteroatoms. The summed E-state index contributed by atoms with van der Waals surface area (Å²) in [5, 5.41) is 6.11. The zero-order valence-electron chi connectivity index (χ0n) is 12.1. The lowest BCUT2D eigenvalue weighted by molar-refractivity contribution is -0.114. The van der Waals surface area contributed by atoms with E-state index in [4.69, 9.17) is 4.74 Å². The van der Waals surface area contributed by atoms with Gasteiger partial charge in [0.15, 0.2) is 0 Å². The molecule has 0 aliphatic heterocycles. The van der Waals surface area contributed by atoms with Crippen molar-refractivity contribution in [2.24, 2.45) is 0 Å². The number of hydrogen-bond donors (Lipinski definition) is 2. The highest BCUT2D eigenvalue weighted by molar-refractivity contribution is 5.90. The zero-order valence-corrected chi connectivity index (χ0v) is 12.1. The van der Waals surface area contributed by atoms with E-state index in [1.165, 1.54) is 32.6 Å². The average molecular weight is 264 g/mol. The van der Waals surface area contributed by atoms with Gasteiger partial charge in [0, 0.05) is 25.2 Å². The molecule has 0 spiro atoms. The van der Waals surface area contributed by atoms with Gasteiger partial charge in [0.25, 0.3) is 0 Å². The molecule has 0 unspecified atom stereocenters. The summed E-state index contributed by atoms with van der Waals surface area (Å²) in [5.41, 5.74) is 1.72. The van der Waals surface area contributed by atoms with E-state index in [0.29, 0.717) is 11.4 Å². The van der Waals surface area contributed by atoms with Crippen LogP contribution in [-0.4, -0.2) is 19.6 Å². The molecule has 19 heavy (non-hydrogen) atoms. The predicted octanol–water partition coefficient (Wildman–Crippen LogP) is 3.65. The molecule has 0 aliphatic carbocycles. The first-order chi connectivity index (χ1) is 9.17. The highest BCUT2D eigenvalue weighted by Crippen LogP contribution is 2.27. The number of methoxy groups -OCH3 is 1. The summed E-state index contributed by atoms with van der Waals surface area (Å²) in [7, 11) is 1.60. The van der Waals surface area contributed by atoms with Crippen molar-refractivity contribution in [2.45, 2.75) is 39.5 Å². The summed E-state index contributed by atoms with van der Waals surface area (Å²) in [5.74, 6) is 0.576. The van der Waals surface area contributed by atoms with Crippen LogP contribution in [0.4, 0.5) is 11.4 Å². The van der Waals surface area contributed by atoms with Gasteiger partial charge in [0.05, 0.1) is 12.8 Å². The minimum Gasteiger partial charge on any atom is -0.494 e. The summed E-state index contributed by atoms with van der Waals surface area (Å²) in [6.07, 6.45) is 4.96. The maximum atomic E-state index is 11.1. The summed E-state index contributed by atoms with van der Waals surface area (Å²) in [6, 6.07) is 5.72. The first-order valence-corrected chi connectivity index (χ1v) is 6.87. The standard InChI is InChI=1S/C15H24N2O2/c1-4-5-6-7-10-16-13-8-9-14(17-12(2)18)15(11-13)19-3/h8-9,11,16H,4-7,10H2,1-3H3,(H,17,18). The van der Waals surface area contributed by atoms with Crippen molar-refractivity contribution in [1.82, 2.24) is 0 Å². The molecule has 0 saturated carbocycles. The monoisotopic (exact) mass is 264 g/mol. The van der Waals surface area contributed by atoms with Crippen LogP contribution in [0.2, 0.25) is 0 Å². The van der Waals surface area contributed by atoms with Crippen molar-refractivity contribution in [3.8, 4) is 5.75 Å². The van der Waals surface area contributed by atoms with E-state index in [1.807, 2.05) is 18.2 Å². The van der Waals surface area contributed by atoms with Crippen LogP contribution in [0.1, 0.15) is 39.5 Å². The van der Waals surface area contributed by atoms with Crippen LogP contribution >= 0.6 is 0 Å². The van der Waals surface area contributed by atoms with Gasteiger partial charge in [-0.15, -0.1) is 0 Å². The molecule has 1 amide bonds. The molecular weight excluding hydrogens is 240 g/mol. The number of ether oxygens (including phenoxy) is 1. The number of unbranched alkanes of at least 4 members (excludes halogenated alkanes) is 3. The van der Waals surface area contributed by atoms with E-state index < -0.39 is 0 Å². The van der Waals surface area contributed by atoms with Crippen LogP contribution in [0.15, 0.2) is 18.2 Å². The highest BCUT2D eigenvalue weighted by atomic mass is 16.5. The number of nitrogens with one attached hydrogen (secondary N) is 2. The number of benzene rings is 1. The van der Waals surface area contributed by atoms with Gasteiger partial charge >= 0.3 is 0 Å². The number of carbonyl (C=O) groups excluding carboxylic acids is 1. The topological polar surface area (TPSA) is 50.4 Å². The first kappa shape index (κ1) is 15.3. The molecule has 0 heterocycles. The van der Waals surface area contributed by atoms with Gasteiger partial charge in [-0.25, -0.2) is 0 Å². The number of rotatable bonds is 8. The van der Waals surface area contributed by atoms with Gasteiger partial charge in [-0.1, -0.05) is 26.2 Å². The molecule has 0 fully saturated rings. The van der Waals surface area contributed by atoms with Crippen LogP contribution in [-0.2, 0) is 4.79 Å². The van der Waals surface area contributed by atoms with Gasteiger partial charge in [-0.05, 0) is 18.6 Å². The smallest absolute Gasteiger partial charge is 0.221 e. The Bertz CT molecular complexity index is 405. The third kappa shape index (κ3) is 5.64. The minimum atomic E-state index is -0.0985. The molecule has 0 aromatic heterocycles. The van der Waals surface area contributed by atoms with Crippen LogP contribution in [0, 0.1) is 0 Å². The lowest BCUT2D eigenvalue weighted by atomic mass is 10.2. The molecule has 0 bridgehead atoms. The van der Waals surface area contributed by atoms with Gasteiger partial charge in [-0.2, -0.15) is 0 Å². The Morgan fingerprint density at radius 3 is 2.68 bits per heavy atom. The number of hydrogen-bond acceptors (Lipinski definition) is 3. The number of amides is 1. The fourth-order valence-electron chi connectivity index (χ4n) is 1.88. The molecule has 1 aromatic rings. The van der Waals surface area contributed by atoms with E-state index in [2.05, 4.69) is 17.6 Å².